The highest BCUT2D eigenvalue weighted by atomic mass is 32.2. The van der Waals surface area contributed by atoms with Gasteiger partial charge < -0.3 is 14.8 Å². The lowest BCUT2D eigenvalue weighted by Crippen LogP contribution is -2.17. The Hall–Kier alpha value is -2.40. The average molecular weight is 355 g/mol. The van der Waals surface area contributed by atoms with Gasteiger partial charge in [-0.15, -0.1) is 0 Å². The number of amides is 1. The van der Waals surface area contributed by atoms with E-state index in [0.29, 0.717) is 30.3 Å². The largest absolute Gasteiger partial charge is 0.486 e. The van der Waals surface area contributed by atoms with Crippen LogP contribution in [0.15, 0.2) is 63.9 Å². The minimum absolute atomic E-state index is 0.103. The number of fused-ring (bicyclic) bond motifs is 1. The predicted octanol–water partition coefficient (Wildman–Crippen LogP) is 4.90. The van der Waals surface area contributed by atoms with Crippen LogP contribution >= 0.6 is 11.8 Å². The molecule has 0 fully saturated rings. The number of carbonyl (C=O) groups is 1. The van der Waals surface area contributed by atoms with Gasteiger partial charge in [0.2, 0.25) is 0 Å². The van der Waals surface area contributed by atoms with E-state index in [-0.39, 0.29) is 5.91 Å². The maximum atomic E-state index is 12.4. The number of hydrogen-bond acceptors (Lipinski definition) is 4. The van der Waals surface area contributed by atoms with Gasteiger partial charge in [0.1, 0.15) is 13.2 Å². The van der Waals surface area contributed by atoms with E-state index >= 15 is 0 Å². The number of carbonyl (C=O) groups excluding carboxylic acids is 1. The summed E-state index contributed by atoms with van der Waals surface area (Å²) in [6.07, 6.45) is 2.74. The van der Waals surface area contributed by atoms with E-state index in [1.165, 1.54) is 0 Å². The van der Waals surface area contributed by atoms with Gasteiger partial charge in [0.25, 0.3) is 5.91 Å². The Kier molecular flexibility index (Phi) is 5.66. The van der Waals surface area contributed by atoms with Crippen LogP contribution in [-0.4, -0.2) is 19.1 Å². The van der Waals surface area contributed by atoms with Gasteiger partial charge in [0.05, 0.1) is 5.69 Å². The van der Waals surface area contributed by atoms with Gasteiger partial charge in [-0.05, 0) is 25.5 Å². The molecule has 0 saturated heterocycles. The van der Waals surface area contributed by atoms with Crippen LogP contribution in [-0.2, 0) is 4.79 Å². The SMILES string of the molecule is CC/C=C(\C)C(=O)Nc1cc2c(cc1Sc1ccccc1)OCCO2. The van der Waals surface area contributed by atoms with E-state index in [2.05, 4.69) is 5.32 Å². The second-order valence-corrected chi connectivity index (χ2v) is 6.77. The van der Waals surface area contributed by atoms with Crippen LogP contribution in [0.3, 0.4) is 0 Å². The highest BCUT2D eigenvalue weighted by Crippen LogP contribution is 2.42. The van der Waals surface area contributed by atoms with Crippen molar-refractivity contribution in [3.8, 4) is 11.5 Å². The summed E-state index contributed by atoms with van der Waals surface area (Å²) in [6.45, 7) is 4.88. The highest BCUT2D eigenvalue weighted by molar-refractivity contribution is 7.99. The molecule has 0 saturated carbocycles. The van der Waals surface area contributed by atoms with Gasteiger partial charge in [-0.2, -0.15) is 0 Å². The molecule has 1 aliphatic heterocycles. The lowest BCUT2D eigenvalue weighted by molar-refractivity contribution is -0.112. The summed E-state index contributed by atoms with van der Waals surface area (Å²) in [7, 11) is 0. The van der Waals surface area contributed by atoms with Crippen LogP contribution in [0.5, 0.6) is 11.5 Å². The van der Waals surface area contributed by atoms with Crippen LogP contribution in [0.25, 0.3) is 0 Å². The third kappa shape index (κ3) is 4.37. The Labute approximate surface area is 152 Å². The number of anilines is 1. The molecule has 2 aromatic rings. The Morgan fingerprint density at radius 2 is 1.84 bits per heavy atom. The number of ether oxygens (including phenoxy) is 2. The third-order valence-electron chi connectivity index (χ3n) is 3.73. The Morgan fingerprint density at radius 3 is 2.52 bits per heavy atom. The van der Waals surface area contributed by atoms with E-state index in [1.807, 2.05) is 62.4 Å². The lowest BCUT2D eigenvalue weighted by Gasteiger charge is -2.21. The van der Waals surface area contributed by atoms with E-state index in [0.717, 1.165) is 21.9 Å². The van der Waals surface area contributed by atoms with Crippen molar-refractivity contribution in [1.29, 1.82) is 0 Å². The molecule has 0 aromatic heterocycles. The first-order valence-corrected chi connectivity index (χ1v) is 9.13. The Balaban J connectivity index is 1.93. The summed E-state index contributed by atoms with van der Waals surface area (Å²) in [6, 6.07) is 13.8. The van der Waals surface area contributed by atoms with E-state index in [4.69, 9.17) is 9.47 Å². The summed E-state index contributed by atoms with van der Waals surface area (Å²) in [5, 5.41) is 3.00. The standard InChI is InChI=1S/C20H21NO3S/c1-3-7-14(2)20(22)21-16-12-17-18(24-11-10-23-17)13-19(16)25-15-8-5-4-6-9-15/h4-9,12-13H,3,10-11H2,1-2H3,(H,21,22)/b14-7+. The van der Waals surface area contributed by atoms with Gasteiger partial charge in [-0.25, -0.2) is 0 Å². The normalized spacial score (nSPS) is 13.4. The molecule has 1 heterocycles. The second kappa shape index (κ2) is 8.12. The molecule has 3 rings (SSSR count). The zero-order valence-corrected chi connectivity index (χ0v) is 15.2. The van der Waals surface area contributed by atoms with Crippen molar-refractivity contribution in [2.24, 2.45) is 0 Å². The first-order chi connectivity index (χ1) is 12.2. The Bertz CT molecular complexity index is 787. The van der Waals surface area contributed by atoms with Crippen molar-refractivity contribution in [1.82, 2.24) is 0 Å². The molecule has 2 aromatic carbocycles. The molecule has 25 heavy (non-hydrogen) atoms. The van der Waals surface area contributed by atoms with Gasteiger partial charge in [-0.1, -0.05) is 43.0 Å². The van der Waals surface area contributed by atoms with Crippen LogP contribution < -0.4 is 14.8 Å². The molecule has 1 aliphatic rings. The summed E-state index contributed by atoms with van der Waals surface area (Å²) in [4.78, 5) is 14.4. The average Bonchev–Trinajstić information content (AvgIpc) is 2.63. The summed E-state index contributed by atoms with van der Waals surface area (Å²) in [5.74, 6) is 1.27. The second-order valence-electron chi connectivity index (χ2n) is 5.66. The maximum Gasteiger partial charge on any atom is 0.251 e. The van der Waals surface area contributed by atoms with Crippen molar-refractivity contribution >= 4 is 23.4 Å². The fourth-order valence-electron chi connectivity index (χ4n) is 2.49. The zero-order valence-electron chi connectivity index (χ0n) is 14.4. The number of allylic oxidation sites excluding steroid dienone is 1. The first kappa shape index (κ1) is 17.4. The van der Waals surface area contributed by atoms with Crippen LogP contribution in [0.4, 0.5) is 5.69 Å². The number of hydrogen-bond donors (Lipinski definition) is 1. The molecule has 0 atom stereocenters. The van der Waals surface area contributed by atoms with E-state index in [9.17, 15) is 4.79 Å². The van der Waals surface area contributed by atoms with E-state index in [1.54, 1.807) is 11.8 Å². The fraction of sp³-hybridized carbons (Fsp3) is 0.250. The topological polar surface area (TPSA) is 47.6 Å². The Morgan fingerprint density at radius 1 is 1.16 bits per heavy atom. The van der Waals surface area contributed by atoms with Crippen molar-refractivity contribution in [3.63, 3.8) is 0 Å². The molecular formula is C20H21NO3S. The molecule has 0 spiro atoms. The minimum Gasteiger partial charge on any atom is -0.486 e. The molecule has 0 aliphatic carbocycles. The molecule has 130 valence electrons. The van der Waals surface area contributed by atoms with Crippen molar-refractivity contribution in [2.75, 3.05) is 18.5 Å². The molecule has 1 amide bonds. The summed E-state index contributed by atoms with van der Waals surface area (Å²) >= 11 is 1.58. The van der Waals surface area contributed by atoms with Crippen molar-refractivity contribution in [2.45, 2.75) is 30.1 Å². The summed E-state index contributed by atoms with van der Waals surface area (Å²) in [5.41, 5.74) is 1.43. The minimum atomic E-state index is -0.103. The molecular weight excluding hydrogens is 334 g/mol. The van der Waals surface area contributed by atoms with Crippen LogP contribution in [0.1, 0.15) is 20.3 Å². The number of nitrogens with one attached hydrogen (secondary N) is 1. The van der Waals surface area contributed by atoms with Crippen molar-refractivity contribution < 1.29 is 14.3 Å². The summed E-state index contributed by atoms with van der Waals surface area (Å²) < 4.78 is 11.3. The van der Waals surface area contributed by atoms with Crippen molar-refractivity contribution in [3.05, 3.63) is 54.1 Å². The molecule has 0 unspecified atom stereocenters. The van der Waals surface area contributed by atoms with Gasteiger partial charge in [-0.3, -0.25) is 4.79 Å². The highest BCUT2D eigenvalue weighted by Gasteiger charge is 2.18. The monoisotopic (exact) mass is 355 g/mol. The molecule has 0 radical (unpaired) electrons. The first-order valence-electron chi connectivity index (χ1n) is 8.32. The number of rotatable bonds is 5. The van der Waals surface area contributed by atoms with Crippen LogP contribution in [0, 0.1) is 0 Å². The van der Waals surface area contributed by atoms with Gasteiger partial charge in [0.15, 0.2) is 11.5 Å². The van der Waals surface area contributed by atoms with E-state index < -0.39 is 0 Å². The quantitative estimate of drug-likeness (QED) is 0.775. The smallest absolute Gasteiger partial charge is 0.251 e. The molecule has 5 heteroatoms. The third-order valence-corrected chi connectivity index (χ3v) is 4.80. The van der Waals surface area contributed by atoms with Crippen LogP contribution in [0.2, 0.25) is 0 Å². The van der Waals surface area contributed by atoms with Gasteiger partial charge in [0, 0.05) is 27.5 Å². The van der Waals surface area contributed by atoms with Gasteiger partial charge >= 0.3 is 0 Å². The predicted molar refractivity (Wildman–Crippen MR) is 101 cm³/mol. The molecule has 4 nitrogen and oxygen atoms in total. The fourth-order valence-corrected chi connectivity index (χ4v) is 3.42. The maximum absolute atomic E-state index is 12.4. The lowest BCUT2D eigenvalue weighted by atomic mass is 10.2. The zero-order chi connectivity index (χ0) is 17.6. The molecule has 0 bridgehead atoms. The number of benzene rings is 2. The molecule has 1 N–H and O–H groups in total.